The van der Waals surface area contributed by atoms with E-state index in [-0.39, 0.29) is 16.3 Å². The van der Waals surface area contributed by atoms with Gasteiger partial charge in [0.1, 0.15) is 5.15 Å². The topological polar surface area (TPSA) is 78.0 Å². The van der Waals surface area contributed by atoms with Gasteiger partial charge in [-0.05, 0) is 31.5 Å². The van der Waals surface area contributed by atoms with Crippen molar-refractivity contribution in [3.63, 3.8) is 0 Å². The Labute approximate surface area is 123 Å². The van der Waals surface area contributed by atoms with Crippen molar-refractivity contribution in [3.05, 3.63) is 40.2 Å². The minimum absolute atomic E-state index is 0.127. The summed E-state index contributed by atoms with van der Waals surface area (Å²) in [6, 6.07) is 4.89. The normalized spacial score (nSPS) is 11.8. The molecule has 5 nitrogen and oxygen atoms in total. The number of rotatable bonds is 3. The van der Waals surface area contributed by atoms with E-state index >= 15 is 0 Å². The van der Waals surface area contributed by atoms with Crippen LogP contribution in [0.3, 0.4) is 0 Å². The Balaban J connectivity index is 2.46. The standard InChI is InChI=1S/C13H16ClN3O2S/c1-8-4-5-12(11(15)6-8)20(18,19)7-10-9(2)16-17(3)13(10)14/h4-6H,7,15H2,1-3H3. The summed E-state index contributed by atoms with van der Waals surface area (Å²) in [5.41, 5.74) is 8.09. The fourth-order valence-corrected chi connectivity index (χ4v) is 3.95. The summed E-state index contributed by atoms with van der Waals surface area (Å²) in [6.45, 7) is 3.59. The molecule has 0 aliphatic carbocycles. The molecule has 0 amide bonds. The number of hydrogen-bond donors (Lipinski definition) is 1. The molecule has 2 N–H and O–H groups in total. The Hall–Kier alpha value is -1.53. The SMILES string of the molecule is Cc1ccc(S(=O)(=O)Cc2c(C)nn(C)c2Cl)c(N)c1. The van der Waals surface area contributed by atoms with Crippen molar-refractivity contribution in [1.29, 1.82) is 0 Å². The molecule has 0 atom stereocenters. The van der Waals surface area contributed by atoms with Gasteiger partial charge in [0.05, 0.1) is 22.0 Å². The Morgan fingerprint density at radius 2 is 2.00 bits per heavy atom. The van der Waals surface area contributed by atoms with Crippen molar-refractivity contribution in [3.8, 4) is 0 Å². The summed E-state index contributed by atoms with van der Waals surface area (Å²) in [7, 11) is -1.88. The molecule has 1 aromatic carbocycles. The number of aromatic nitrogens is 2. The zero-order valence-corrected chi connectivity index (χ0v) is 13.1. The fraction of sp³-hybridized carbons (Fsp3) is 0.308. The van der Waals surface area contributed by atoms with Gasteiger partial charge in [-0.25, -0.2) is 8.42 Å². The molecule has 0 fully saturated rings. The first-order valence-corrected chi connectivity index (χ1v) is 8.02. The number of nitrogens with two attached hydrogens (primary N) is 1. The van der Waals surface area contributed by atoms with E-state index in [0.717, 1.165) is 5.56 Å². The third-order valence-electron chi connectivity index (χ3n) is 3.10. The molecule has 0 aliphatic rings. The Morgan fingerprint density at radius 3 is 2.50 bits per heavy atom. The maximum Gasteiger partial charge on any atom is 0.184 e. The van der Waals surface area contributed by atoms with Crippen LogP contribution in [0.1, 0.15) is 16.8 Å². The van der Waals surface area contributed by atoms with E-state index in [2.05, 4.69) is 5.10 Å². The summed E-state index contributed by atoms with van der Waals surface area (Å²) in [5, 5.41) is 4.44. The highest BCUT2D eigenvalue weighted by atomic mass is 35.5. The second-order valence-corrected chi connectivity index (χ2v) is 7.09. The third-order valence-corrected chi connectivity index (χ3v) is 5.29. The van der Waals surface area contributed by atoms with Crippen molar-refractivity contribution >= 4 is 27.1 Å². The van der Waals surface area contributed by atoms with Crippen LogP contribution in [-0.2, 0) is 22.6 Å². The maximum absolute atomic E-state index is 12.5. The van der Waals surface area contributed by atoms with Gasteiger partial charge in [0.25, 0.3) is 0 Å². The second-order valence-electron chi connectivity index (χ2n) is 4.78. The van der Waals surface area contributed by atoms with Gasteiger partial charge in [-0.2, -0.15) is 5.10 Å². The van der Waals surface area contributed by atoms with Gasteiger partial charge in [0, 0.05) is 12.6 Å². The smallest absolute Gasteiger partial charge is 0.184 e. The molecular formula is C13H16ClN3O2S. The lowest BCUT2D eigenvalue weighted by atomic mass is 10.2. The average Bonchev–Trinajstić information content (AvgIpc) is 2.55. The van der Waals surface area contributed by atoms with Crippen LogP contribution >= 0.6 is 11.6 Å². The first-order valence-electron chi connectivity index (χ1n) is 5.99. The van der Waals surface area contributed by atoms with Crippen LogP contribution in [0, 0.1) is 13.8 Å². The molecule has 0 aliphatic heterocycles. The largest absolute Gasteiger partial charge is 0.398 e. The van der Waals surface area contributed by atoms with Crippen LogP contribution in [0.25, 0.3) is 0 Å². The molecule has 108 valence electrons. The summed E-state index contributed by atoms with van der Waals surface area (Å²) >= 11 is 6.08. The molecular weight excluding hydrogens is 298 g/mol. The van der Waals surface area contributed by atoms with E-state index in [0.29, 0.717) is 16.4 Å². The minimum atomic E-state index is -3.56. The van der Waals surface area contributed by atoms with Crippen LogP contribution in [0.5, 0.6) is 0 Å². The van der Waals surface area contributed by atoms with Gasteiger partial charge in [0.2, 0.25) is 0 Å². The van der Waals surface area contributed by atoms with Crippen LogP contribution in [0.15, 0.2) is 23.1 Å². The number of anilines is 1. The van der Waals surface area contributed by atoms with Gasteiger partial charge in [-0.3, -0.25) is 4.68 Å². The first-order chi connectivity index (χ1) is 9.22. The summed E-state index contributed by atoms with van der Waals surface area (Å²) < 4.78 is 26.4. The summed E-state index contributed by atoms with van der Waals surface area (Å²) in [6.07, 6.45) is 0. The quantitative estimate of drug-likeness (QED) is 0.882. The third kappa shape index (κ3) is 2.66. The van der Waals surface area contributed by atoms with Crippen LogP contribution in [0.4, 0.5) is 5.69 Å². The molecule has 7 heteroatoms. The van der Waals surface area contributed by atoms with E-state index in [1.54, 1.807) is 26.1 Å². The van der Waals surface area contributed by atoms with E-state index in [1.165, 1.54) is 10.7 Å². The minimum Gasteiger partial charge on any atom is -0.398 e. The zero-order chi connectivity index (χ0) is 15.1. The number of hydrogen-bond acceptors (Lipinski definition) is 4. The molecule has 1 aromatic heterocycles. The molecule has 1 heterocycles. The highest BCUT2D eigenvalue weighted by Gasteiger charge is 2.23. The van der Waals surface area contributed by atoms with Crippen LogP contribution < -0.4 is 5.73 Å². The Morgan fingerprint density at radius 1 is 1.35 bits per heavy atom. The monoisotopic (exact) mass is 313 g/mol. The van der Waals surface area contributed by atoms with Gasteiger partial charge in [-0.1, -0.05) is 17.7 Å². The molecule has 0 radical (unpaired) electrons. The molecule has 2 rings (SSSR count). The lowest BCUT2D eigenvalue weighted by molar-refractivity contribution is 0.595. The molecule has 2 aromatic rings. The van der Waals surface area contributed by atoms with Crippen LogP contribution in [0.2, 0.25) is 5.15 Å². The van der Waals surface area contributed by atoms with E-state index in [1.807, 2.05) is 6.92 Å². The van der Waals surface area contributed by atoms with E-state index < -0.39 is 9.84 Å². The fourth-order valence-electron chi connectivity index (χ4n) is 2.06. The van der Waals surface area contributed by atoms with Crippen molar-refractivity contribution in [1.82, 2.24) is 9.78 Å². The predicted molar refractivity (Wildman–Crippen MR) is 79.4 cm³/mol. The molecule has 0 unspecified atom stereocenters. The second kappa shape index (κ2) is 5.10. The maximum atomic E-state index is 12.5. The summed E-state index contributed by atoms with van der Waals surface area (Å²) in [4.78, 5) is 0.127. The van der Waals surface area contributed by atoms with E-state index in [9.17, 15) is 8.42 Å². The van der Waals surface area contributed by atoms with E-state index in [4.69, 9.17) is 17.3 Å². The number of nitrogens with zero attached hydrogens (tertiary/aromatic N) is 2. The molecule has 0 saturated carbocycles. The Bertz CT molecular complexity index is 766. The number of aryl methyl sites for hydroxylation is 3. The van der Waals surface area contributed by atoms with Crippen molar-refractivity contribution in [2.24, 2.45) is 7.05 Å². The molecule has 0 bridgehead atoms. The lowest BCUT2D eigenvalue weighted by Crippen LogP contribution is -2.09. The van der Waals surface area contributed by atoms with Crippen molar-refractivity contribution in [2.45, 2.75) is 24.5 Å². The van der Waals surface area contributed by atoms with Gasteiger partial charge in [-0.15, -0.1) is 0 Å². The number of halogens is 1. The molecule has 20 heavy (non-hydrogen) atoms. The molecule has 0 saturated heterocycles. The summed E-state index contributed by atoms with van der Waals surface area (Å²) in [5.74, 6) is -0.210. The first kappa shape index (κ1) is 14.9. The number of sulfone groups is 1. The van der Waals surface area contributed by atoms with Crippen molar-refractivity contribution < 1.29 is 8.42 Å². The van der Waals surface area contributed by atoms with Crippen molar-refractivity contribution in [2.75, 3.05) is 5.73 Å². The highest BCUT2D eigenvalue weighted by molar-refractivity contribution is 7.90. The van der Waals surface area contributed by atoms with Gasteiger partial charge in [0.15, 0.2) is 9.84 Å². The molecule has 0 spiro atoms. The lowest BCUT2D eigenvalue weighted by Gasteiger charge is -2.08. The van der Waals surface area contributed by atoms with Gasteiger partial charge >= 0.3 is 0 Å². The zero-order valence-electron chi connectivity index (χ0n) is 11.5. The van der Waals surface area contributed by atoms with Crippen LogP contribution in [-0.4, -0.2) is 18.2 Å². The van der Waals surface area contributed by atoms with Gasteiger partial charge < -0.3 is 5.73 Å². The number of nitrogen functional groups attached to an aromatic ring is 1. The Kier molecular flexibility index (Phi) is 3.80. The predicted octanol–water partition coefficient (Wildman–Crippen LogP) is 2.25. The average molecular weight is 314 g/mol. The highest BCUT2D eigenvalue weighted by Crippen LogP contribution is 2.27. The number of benzene rings is 1.